The van der Waals surface area contributed by atoms with E-state index in [-0.39, 0.29) is 6.04 Å². The van der Waals surface area contributed by atoms with Crippen LogP contribution in [0.2, 0.25) is 0 Å². The molecule has 0 aliphatic carbocycles. The summed E-state index contributed by atoms with van der Waals surface area (Å²) in [6.07, 6.45) is 9.25. The zero-order chi connectivity index (χ0) is 14.5. The number of hydrogen-bond donors (Lipinski definition) is 1. The third-order valence-electron chi connectivity index (χ3n) is 3.34. The van der Waals surface area contributed by atoms with Gasteiger partial charge in [0.05, 0.1) is 12.0 Å². The molecule has 2 aliphatic heterocycles. The molecule has 3 rings (SSSR count). The molecule has 0 bridgehead atoms. The Kier molecular flexibility index (Phi) is 4.00. The van der Waals surface area contributed by atoms with E-state index < -0.39 is 0 Å². The van der Waals surface area contributed by atoms with Crippen molar-refractivity contribution in [2.45, 2.75) is 13.0 Å². The second-order valence-electron chi connectivity index (χ2n) is 4.88. The first-order chi connectivity index (χ1) is 10.3. The second kappa shape index (κ2) is 6.26. The average Bonchev–Trinajstić information content (AvgIpc) is 2.55. The van der Waals surface area contributed by atoms with E-state index in [1.54, 1.807) is 12.5 Å². The number of hydrogen-bond acceptors (Lipinski definition) is 5. The predicted molar refractivity (Wildman–Crippen MR) is 80.4 cm³/mol. The van der Waals surface area contributed by atoms with Crippen LogP contribution in [0.3, 0.4) is 0 Å². The maximum atomic E-state index is 5.69. The fourth-order valence-electron chi connectivity index (χ4n) is 2.06. The molecular formula is C16H17N3O2. The Morgan fingerprint density at radius 3 is 3.05 bits per heavy atom. The van der Waals surface area contributed by atoms with E-state index in [0.717, 1.165) is 11.3 Å². The van der Waals surface area contributed by atoms with Crippen molar-refractivity contribution in [3.8, 4) is 0 Å². The van der Waals surface area contributed by atoms with Crippen molar-refractivity contribution in [2.24, 2.45) is 5.10 Å². The lowest BCUT2D eigenvalue weighted by Crippen LogP contribution is -2.22. The van der Waals surface area contributed by atoms with Crippen LogP contribution in [-0.2, 0) is 9.47 Å². The van der Waals surface area contributed by atoms with Crippen molar-refractivity contribution < 1.29 is 9.47 Å². The van der Waals surface area contributed by atoms with Gasteiger partial charge in [-0.1, -0.05) is 6.07 Å². The van der Waals surface area contributed by atoms with Crippen LogP contribution in [0.1, 0.15) is 18.7 Å². The van der Waals surface area contributed by atoms with E-state index in [1.165, 1.54) is 5.57 Å². The summed E-state index contributed by atoms with van der Waals surface area (Å²) < 4.78 is 10.9. The van der Waals surface area contributed by atoms with Gasteiger partial charge in [-0.05, 0) is 42.4 Å². The molecule has 0 aromatic carbocycles. The van der Waals surface area contributed by atoms with Gasteiger partial charge in [0.2, 0.25) is 5.90 Å². The van der Waals surface area contributed by atoms with Gasteiger partial charge in [-0.25, -0.2) is 0 Å². The Morgan fingerprint density at radius 2 is 2.33 bits per heavy atom. The highest BCUT2D eigenvalue weighted by molar-refractivity contribution is 5.88. The quantitative estimate of drug-likeness (QED) is 0.926. The number of nitrogens with zero attached hydrogens (tertiary/aromatic N) is 2. The molecule has 0 saturated heterocycles. The van der Waals surface area contributed by atoms with E-state index >= 15 is 0 Å². The summed E-state index contributed by atoms with van der Waals surface area (Å²) in [6, 6.07) is 5.80. The van der Waals surface area contributed by atoms with Crippen molar-refractivity contribution in [1.29, 1.82) is 0 Å². The molecule has 5 heteroatoms. The first-order valence-corrected chi connectivity index (χ1v) is 6.85. The monoisotopic (exact) mass is 283 g/mol. The standard InChI is InChI=1S/C16H17N3O2/c1-12-10-20-9-7-13(12)11-21-16-6-5-15(18-19-16)14-4-2-3-8-17-14/h2-9,15,18H,10-11H2,1H3. The highest BCUT2D eigenvalue weighted by Gasteiger charge is 2.13. The summed E-state index contributed by atoms with van der Waals surface area (Å²) in [5.41, 5.74) is 6.28. The van der Waals surface area contributed by atoms with E-state index in [9.17, 15) is 0 Å². The van der Waals surface area contributed by atoms with Gasteiger partial charge in [-0.2, -0.15) is 0 Å². The van der Waals surface area contributed by atoms with Gasteiger partial charge in [0.25, 0.3) is 0 Å². The minimum absolute atomic E-state index is 0.0116. The second-order valence-corrected chi connectivity index (χ2v) is 4.88. The molecule has 2 aliphatic rings. The summed E-state index contributed by atoms with van der Waals surface area (Å²) in [4.78, 5) is 4.30. The molecule has 1 atom stereocenters. The Morgan fingerprint density at radius 1 is 1.38 bits per heavy atom. The molecule has 3 heterocycles. The van der Waals surface area contributed by atoms with E-state index in [2.05, 4.69) is 15.5 Å². The lowest BCUT2D eigenvalue weighted by Gasteiger charge is -2.18. The highest BCUT2D eigenvalue weighted by Crippen LogP contribution is 2.16. The van der Waals surface area contributed by atoms with Crippen molar-refractivity contribution >= 4 is 5.90 Å². The third kappa shape index (κ3) is 3.31. The minimum atomic E-state index is -0.0116. The van der Waals surface area contributed by atoms with Crippen LogP contribution >= 0.6 is 0 Å². The normalized spacial score (nSPS) is 20.6. The predicted octanol–water partition coefficient (Wildman–Crippen LogP) is 2.47. The lowest BCUT2D eigenvalue weighted by atomic mass is 10.1. The van der Waals surface area contributed by atoms with Gasteiger partial charge >= 0.3 is 0 Å². The number of aromatic nitrogens is 1. The van der Waals surface area contributed by atoms with Crippen molar-refractivity contribution in [3.05, 3.63) is 65.7 Å². The van der Waals surface area contributed by atoms with Crippen molar-refractivity contribution in [2.75, 3.05) is 13.2 Å². The summed E-state index contributed by atoms with van der Waals surface area (Å²) in [7, 11) is 0. The van der Waals surface area contributed by atoms with Gasteiger partial charge < -0.3 is 9.47 Å². The van der Waals surface area contributed by atoms with Crippen LogP contribution in [0, 0.1) is 0 Å². The molecule has 0 saturated carbocycles. The van der Waals surface area contributed by atoms with Gasteiger partial charge in [0.1, 0.15) is 19.3 Å². The lowest BCUT2D eigenvalue weighted by molar-refractivity contribution is 0.266. The van der Waals surface area contributed by atoms with Gasteiger partial charge in [-0.15, -0.1) is 5.10 Å². The summed E-state index contributed by atoms with van der Waals surface area (Å²) in [5, 5.41) is 4.24. The summed E-state index contributed by atoms with van der Waals surface area (Å²) >= 11 is 0. The first kappa shape index (κ1) is 13.4. The summed E-state index contributed by atoms with van der Waals surface area (Å²) in [5.74, 6) is 0.572. The van der Waals surface area contributed by atoms with Crippen LogP contribution < -0.4 is 5.43 Å². The molecule has 0 fully saturated rings. The molecule has 108 valence electrons. The third-order valence-corrected chi connectivity index (χ3v) is 3.34. The van der Waals surface area contributed by atoms with E-state index in [0.29, 0.717) is 19.1 Å². The molecule has 0 radical (unpaired) electrons. The zero-order valence-corrected chi connectivity index (χ0v) is 11.8. The van der Waals surface area contributed by atoms with Crippen LogP contribution in [0.25, 0.3) is 0 Å². The molecule has 1 unspecified atom stereocenters. The van der Waals surface area contributed by atoms with Crippen LogP contribution in [0.15, 0.2) is 65.1 Å². The topological polar surface area (TPSA) is 55.7 Å². The van der Waals surface area contributed by atoms with Crippen LogP contribution in [0.4, 0.5) is 0 Å². The fraction of sp³-hybridized carbons (Fsp3) is 0.250. The van der Waals surface area contributed by atoms with Crippen molar-refractivity contribution in [1.82, 2.24) is 10.4 Å². The molecule has 1 aromatic heterocycles. The zero-order valence-electron chi connectivity index (χ0n) is 11.8. The molecule has 0 spiro atoms. The smallest absolute Gasteiger partial charge is 0.230 e. The van der Waals surface area contributed by atoms with Gasteiger partial charge in [0.15, 0.2) is 0 Å². The largest absolute Gasteiger partial charge is 0.497 e. The van der Waals surface area contributed by atoms with Gasteiger partial charge in [-0.3, -0.25) is 10.4 Å². The number of rotatable bonds is 3. The van der Waals surface area contributed by atoms with Crippen LogP contribution in [0.5, 0.6) is 0 Å². The van der Waals surface area contributed by atoms with E-state index in [1.807, 2.05) is 43.4 Å². The van der Waals surface area contributed by atoms with Crippen molar-refractivity contribution in [3.63, 3.8) is 0 Å². The number of hydrazone groups is 1. The molecule has 5 nitrogen and oxygen atoms in total. The Hall–Kier alpha value is -2.56. The SMILES string of the molecule is CC1=C(COC2=NNC(c3ccccn3)C=C2)C=COC1. The maximum Gasteiger partial charge on any atom is 0.230 e. The molecule has 0 amide bonds. The minimum Gasteiger partial charge on any atom is -0.497 e. The summed E-state index contributed by atoms with van der Waals surface area (Å²) in [6.45, 7) is 3.15. The highest BCUT2D eigenvalue weighted by atomic mass is 16.5. The number of pyridine rings is 1. The Bertz CT molecular complexity index is 618. The van der Waals surface area contributed by atoms with E-state index in [4.69, 9.17) is 9.47 Å². The first-order valence-electron chi connectivity index (χ1n) is 6.85. The maximum absolute atomic E-state index is 5.69. The number of nitrogens with one attached hydrogen (secondary N) is 1. The Balaban J connectivity index is 1.57. The molecular weight excluding hydrogens is 266 g/mol. The number of ether oxygens (including phenoxy) is 2. The van der Waals surface area contributed by atoms with Crippen LogP contribution in [-0.4, -0.2) is 24.1 Å². The van der Waals surface area contributed by atoms with Gasteiger partial charge in [0, 0.05) is 12.3 Å². The average molecular weight is 283 g/mol. The molecule has 1 aromatic rings. The molecule has 21 heavy (non-hydrogen) atoms. The molecule has 1 N–H and O–H groups in total. The fourth-order valence-corrected chi connectivity index (χ4v) is 2.06. The Labute approximate surface area is 123 Å².